The molecule has 3 N–H and O–H groups in total. The molecular weight excluding hydrogens is 288 g/mol. The number of nitrogens with one attached hydrogen (secondary N) is 1. The second kappa shape index (κ2) is 5.87. The van der Waals surface area contributed by atoms with Crippen molar-refractivity contribution in [2.45, 2.75) is 31.2 Å². The van der Waals surface area contributed by atoms with Gasteiger partial charge in [-0.1, -0.05) is 38.1 Å². The highest BCUT2D eigenvalue weighted by atomic mass is 32.2. The van der Waals surface area contributed by atoms with Gasteiger partial charge in [0.25, 0.3) is 0 Å². The molecule has 7 heteroatoms. The van der Waals surface area contributed by atoms with E-state index in [1.807, 2.05) is 24.3 Å². The van der Waals surface area contributed by atoms with Gasteiger partial charge in [0.05, 0.1) is 0 Å². The SMILES string of the molecule is CC(C)c1ccc(CNS(=O)(=O)c2cn(C)nc2N)cc1. The van der Waals surface area contributed by atoms with Crippen molar-refractivity contribution in [3.8, 4) is 0 Å². The van der Waals surface area contributed by atoms with Crippen LogP contribution in [0.2, 0.25) is 0 Å². The summed E-state index contributed by atoms with van der Waals surface area (Å²) in [5.74, 6) is 0.450. The van der Waals surface area contributed by atoms with Crippen LogP contribution in [0, 0.1) is 0 Å². The number of sulfonamides is 1. The molecule has 0 amide bonds. The van der Waals surface area contributed by atoms with Crippen LogP contribution in [0.15, 0.2) is 35.4 Å². The second-order valence-corrected chi connectivity index (χ2v) is 7.01. The van der Waals surface area contributed by atoms with Crippen LogP contribution in [0.4, 0.5) is 5.82 Å². The lowest BCUT2D eigenvalue weighted by Gasteiger charge is -2.08. The second-order valence-electron chi connectivity index (χ2n) is 5.27. The quantitative estimate of drug-likeness (QED) is 0.878. The standard InChI is InChI=1S/C14H20N4O2S/c1-10(2)12-6-4-11(5-7-12)8-16-21(19,20)13-9-18(3)17-14(13)15/h4-7,9-10,16H,8H2,1-3H3,(H2,15,17). The fourth-order valence-corrected chi connectivity index (χ4v) is 3.09. The smallest absolute Gasteiger partial charge is 0.246 e. The van der Waals surface area contributed by atoms with Crippen molar-refractivity contribution in [2.75, 3.05) is 5.73 Å². The maximum atomic E-state index is 12.2. The van der Waals surface area contributed by atoms with Crippen molar-refractivity contribution in [1.29, 1.82) is 0 Å². The molecule has 2 aromatic rings. The molecule has 0 spiro atoms. The van der Waals surface area contributed by atoms with Crippen molar-refractivity contribution in [1.82, 2.24) is 14.5 Å². The summed E-state index contributed by atoms with van der Waals surface area (Å²) in [4.78, 5) is 0.00352. The first-order valence-electron chi connectivity index (χ1n) is 6.67. The zero-order valence-electron chi connectivity index (χ0n) is 12.4. The van der Waals surface area contributed by atoms with Crippen LogP contribution in [-0.2, 0) is 23.6 Å². The summed E-state index contributed by atoms with van der Waals surface area (Å²) in [5, 5.41) is 3.84. The number of nitrogens with two attached hydrogens (primary N) is 1. The summed E-state index contributed by atoms with van der Waals surface area (Å²) in [6, 6.07) is 7.86. The minimum atomic E-state index is -3.65. The Morgan fingerprint density at radius 1 is 1.29 bits per heavy atom. The molecule has 0 atom stereocenters. The normalized spacial score (nSPS) is 12.0. The Hall–Kier alpha value is -1.86. The number of benzene rings is 1. The van der Waals surface area contributed by atoms with Gasteiger partial charge in [-0.15, -0.1) is 0 Å². The zero-order valence-corrected chi connectivity index (χ0v) is 13.2. The number of hydrogen-bond donors (Lipinski definition) is 2. The van der Waals surface area contributed by atoms with E-state index >= 15 is 0 Å². The van der Waals surface area contributed by atoms with E-state index in [-0.39, 0.29) is 17.3 Å². The van der Waals surface area contributed by atoms with Gasteiger partial charge in [-0.2, -0.15) is 5.10 Å². The maximum Gasteiger partial charge on any atom is 0.246 e. The molecule has 0 aliphatic rings. The molecule has 0 saturated heterocycles. The third-order valence-electron chi connectivity index (χ3n) is 3.22. The summed E-state index contributed by atoms with van der Waals surface area (Å²) in [5.41, 5.74) is 7.71. The van der Waals surface area contributed by atoms with Crippen LogP contribution in [-0.4, -0.2) is 18.2 Å². The van der Waals surface area contributed by atoms with E-state index in [4.69, 9.17) is 5.73 Å². The topological polar surface area (TPSA) is 90.0 Å². The van der Waals surface area contributed by atoms with Gasteiger partial charge >= 0.3 is 0 Å². The van der Waals surface area contributed by atoms with E-state index in [9.17, 15) is 8.42 Å². The van der Waals surface area contributed by atoms with Crippen molar-refractivity contribution in [3.63, 3.8) is 0 Å². The third-order valence-corrected chi connectivity index (χ3v) is 4.64. The van der Waals surface area contributed by atoms with Gasteiger partial charge in [0, 0.05) is 19.8 Å². The van der Waals surface area contributed by atoms with Crippen LogP contribution < -0.4 is 10.5 Å². The predicted octanol–water partition coefficient (Wildman–Crippen LogP) is 1.60. The van der Waals surface area contributed by atoms with E-state index in [1.54, 1.807) is 7.05 Å². The lowest BCUT2D eigenvalue weighted by molar-refractivity contribution is 0.581. The first kappa shape index (κ1) is 15.5. The number of aromatic nitrogens is 2. The summed E-state index contributed by atoms with van der Waals surface area (Å²) >= 11 is 0. The molecule has 1 heterocycles. The number of hydrogen-bond acceptors (Lipinski definition) is 4. The van der Waals surface area contributed by atoms with Gasteiger partial charge in [-0.05, 0) is 17.0 Å². The Morgan fingerprint density at radius 2 is 1.90 bits per heavy atom. The Morgan fingerprint density at radius 3 is 2.38 bits per heavy atom. The molecule has 6 nitrogen and oxygen atoms in total. The van der Waals surface area contributed by atoms with Gasteiger partial charge in [0.15, 0.2) is 5.82 Å². The minimum Gasteiger partial charge on any atom is -0.381 e. The summed E-state index contributed by atoms with van der Waals surface area (Å²) < 4.78 is 28.3. The summed E-state index contributed by atoms with van der Waals surface area (Å²) in [6.07, 6.45) is 1.39. The van der Waals surface area contributed by atoms with E-state index in [2.05, 4.69) is 23.7 Å². The Balaban J connectivity index is 2.10. The Labute approximate surface area is 125 Å². The summed E-state index contributed by atoms with van der Waals surface area (Å²) in [7, 11) is -2.03. The molecule has 0 radical (unpaired) electrons. The van der Waals surface area contributed by atoms with Crippen LogP contribution in [0.5, 0.6) is 0 Å². The van der Waals surface area contributed by atoms with Gasteiger partial charge < -0.3 is 5.73 Å². The van der Waals surface area contributed by atoms with E-state index in [0.717, 1.165) is 5.56 Å². The molecule has 2 rings (SSSR count). The molecular formula is C14H20N4O2S. The maximum absolute atomic E-state index is 12.2. The van der Waals surface area contributed by atoms with Crippen LogP contribution in [0.25, 0.3) is 0 Å². The van der Waals surface area contributed by atoms with Crippen LogP contribution >= 0.6 is 0 Å². The molecule has 114 valence electrons. The Bertz CT molecular complexity index is 718. The number of nitrogen functional groups attached to an aromatic ring is 1. The van der Waals surface area contributed by atoms with Crippen LogP contribution in [0.3, 0.4) is 0 Å². The van der Waals surface area contributed by atoms with Crippen molar-refractivity contribution in [3.05, 3.63) is 41.6 Å². The molecule has 1 aromatic heterocycles. The average molecular weight is 308 g/mol. The number of aryl methyl sites for hydroxylation is 1. The molecule has 21 heavy (non-hydrogen) atoms. The van der Waals surface area contributed by atoms with Crippen molar-refractivity contribution < 1.29 is 8.42 Å². The first-order chi connectivity index (χ1) is 9.79. The lowest BCUT2D eigenvalue weighted by Crippen LogP contribution is -2.23. The highest BCUT2D eigenvalue weighted by Gasteiger charge is 2.20. The molecule has 0 bridgehead atoms. The molecule has 0 saturated carbocycles. The molecule has 1 aromatic carbocycles. The number of rotatable bonds is 5. The zero-order chi connectivity index (χ0) is 15.6. The molecule has 0 aliphatic carbocycles. The highest BCUT2D eigenvalue weighted by Crippen LogP contribution is 2.17. The monoisotopic (exact) mass is 308 g/mol. The lowest BCUT2D eigenvalue weighted by atomic mass is 10.0. The van der Waals surface area contributed by atoms with Gasteiger partial charge in [-0.3, -0.25) is 4.68 Å². The number of anilines is 1. The highest BCUT2D eigenvalue weighted by molar-refractivity contribution is 7.89. The van der Waals surface area contributed by atoms with Crippen molar-refractivity contribution >= 4 is 15.8 Å². The van der Waals surface area contributed by atoms with E-state index in [1.165, 1.54) is 16.4 Å². The fraction of sp³-hybridized carbons (Fsp3) is 0.357. The predicted molar refractivity (Wildman–Crippen MR) is 82.2 cm³/mol. The average Bonchev–Trinajstić information content (AvgIpc) is 2.77. The van der Waals surface area contributed by atoms with E-state index in [0.29, 0.717) is 5.92 Å². The van der Waals surface area contributed by atoms with Gasteiger partial charge in [0.2, 0.25) is 10.0 Å². The van der Waals surface area contributed by atoms with Gasteiger partial charge in [-0.25, -0.2) is 13.1 Å². The van der Waals surface area contributed by atoms with Crippen molar-refractivity contribution in [2.24, 2.45) is 7.05 Å². The summed E-state index contributed by atoms with van der Waals surface area (Å²) in [6.45, 7) is 4.45. The van der Waals surface area contributed by atoms with E-state index < -0.39 is 10.0 Å². The fourth-order valence-electron chi connectivity index (χ4n) is 1.97. The minimum absolute atomic E-state index is 0.000144. The molecule has 0 unspecified atom stereocenters. The van der Waals surface area contributed by atoms with Crippen LogP contribution in [0.1, 0.15) is 30.9 Å². The Kier molecular flexibility index (Phi) is 4.34. The molecule has 0 fully saturated rings. The number of nitrogens with zero attached hydrogens (tertiary/aromatic N) is 2. The third kappa shape index (κ3) is 3.62. The van der Waals surface area contributed by atoms with Gasteiger partial charge in [0.1, 0.15) is 4.90 Å². The first-order valence-corrected chi connectivity index (χ1v) is 8.15. The molecule has 0 aliphatic heterocycles. The largest absolute Gasteiger partial charge is 0.381 e.